The van der Waals surface area contributed by atoms with Gasteiger partial charge in [0.25, 0.3) is 5.69 Å². The van der Waals surface area contributed by atoms with Crippen molar-refractivity contribution in [2.24, 2.45) is 0 Å². The standard InChI is InChI=1S/C20H15Cl2FN2O3/c21-15-3-8-20(28-12-13-1-5-17(6-2-13)25(26)27)14(9-15)11-24-16-4-7-19(23)18(22)10-16/h1-10,24H,11-12H2. The SMILES string of the molecule is O=[N+]([O-])c1ccc(COc2ccc(Cl)cc2CNc2ccc(F)c(Cl)c2)cc1. The molecule has 3 aromatic rings. The van der Waals surface area contributed by atoms with E-state index in [4.69, 9.17) is 27.9 Å². The van der Waals surface area contributed by atoms with E-state index in [9.17, 15) is 14.5 Å². The molecule has 0 aliphatic rings. The molecule has 0 aliphatic carbocycles. The summed E-state index contributed by atoms with van der Waals surface area (Å²) in [6, 6.07) is 15.8. The zero-order valence-corrected chi connectivity index (χ0v) is 16.0. The number of hydrogen-bond donors (Lipinski definition) is 1. The Morgan fingerprint density at radius 1 is 1.04 bits per heavy atom. The summed E-state index contributed by atoms with van der Waals surface area (Å²) in [4.78, 5) is 10.3. The quantitative estimate of drug-likeness (QED) is 0.363. The summed E-state index contributed by atoms with van der Waals surface area (Å²) in [7, 11) is 0. The van der Waals surface area contributed by atoms with Crippen LogP contribution in [0.1, 0.15) is 11.1 Å². The molecular formula is C20H15Cl2FN2O3. The smallest absolute Gasteiger partial charge is 0.269 e. The Kier molecular flexibility index (Phi) is 6.34. The predicted molar refractivity (Wildman–Crippen MR) is 108 cm³/mol. The average molecular weight is 421 g/mol. The van der Waals surface area contributed by atoms with Crippen molar-refractivity contribution in [3.8, 4) is 5.75 Å². The monoisotopic (exact) mass is 420 g/mol. The number of anilines is 1. The first kappa shape index (κ1) is 19.9. The zero-order chi connectivity index (χ0) is 20.1. The summed E-state index contributed by atoms with van der Waals surface area (Å²) < 4.78 is 19.1. The molecule has 0 unspecified atom stereocenters. The third kappa shape index (κ3) is 5.12. The van der Waals surface area contributed by atoms with E-state index in [-0.39, 0.29) is 17.3 Å². The summed E-state index contributed by atoms with van der Waals surface area (Å²) in [5.41, 5.74) is 2.28. The second kappa shape index (κ2) is 8.91. The van der Waals surface area contributed by atoms with Gasteiger partial charge in [-0.15, -0.1) is 0 Å². The number of nitro benzene ring substituents is 1. The molecule has 1 N–H and O–H groups in total. The lowest BCUT2D eigenvalue weighted by Gasteiger charge is -2.14. The number of halogens is 3. The fraction of sp³-hybridized carbons (Fsp3) is 0.100. The van der Waals surface area contributed by atoms with E-state index in [2.05, 4.69) is 5.32 Å². The lowest BCUT2D eigenvalue weighted by Crippen LogP contribution is -2.04. The van der Waals surface area contributed by atoms with Crippen LogP contribution in [0.5, 0.6) is 5.75 Å². The highest BCUT2D eigenvalue weighted by Gasteiger charge is 2.08. The van der Waals surface area contributed by atoms with Crippen LogP contribution in [0.2, 0.25) is 10.0 Å². The Labute approximate surface area is 170 Å². The van der Waals surface area contributed by atoms with Gasteiger partial charge < -0.3 is 10.1 Å². The van der Waals surface area contributed by atoms with Crippen molar-refractivity contribution in [1.29, 1.82) is 0 Å². The number of non-ortho nitro benzene ring substituents is 1. The van der Waals surface area contributed by atoms with Gasteiger partial charge in [-0.1, -0.05) is 23.2 Å². The lowest BCUT2D eigenvalue weighted by molar-refractivity contribution is -0.384. The molecule has 8 heteroatoms. The number of ether oxygens (including phenoxy) is 1. The van der Waals surface area contributed by atoms with E-state index >= 15 is 0 Å². The van der Waals surface area contributed by atoms with Crippen LogP contribution in [-0.2, 0) is 13.2 Å². The van der Waals surface area contributed by atoms with Crippen molar-refractivity contribution < 1.29 is 14.1 Å². The molecule has 0 bridgehead atoms. The van der Waals surface area contributed by atoms with Crippen molar-refractivity contribution >= 4 is 34.6 Å². The molecule has 0 saturated carbocycles. The van der Waals surface area contributed by atoms with E-state index < -0.39 is 10.7 Å². The number of benzene rings is 3. The van der Waals surface area contributed by atoms with Gasteiger partial charge in [-0.25, -0.2) is 4.39 Å². The summed E-state index contributed by atoms with van der Waals surface area (Å²) in [6.07, 6.45) is 0. The van der Waals surface area contributed by atoms with Crippen LogP contribution in [0.4, 0.5) is 15.8 Å². The Balaban J connectivity index is 1.69. The Morgan fingerprint density at radius 3 is 2.46 bits per heavy atom. The van der Waals surface area contributed by atoms with Crippen LogP contribution in [0.25, 0.3) is 0 Å². The van der Waals surface area contributed by atoms with Crippen LogP contribution in [0.15, 0.2) is 60.7 Å². The maximum absolute atomic E-state index is 13.3. The summed E-state index contributed by atoms with van der Waals surface area (Å²) in [5.74, 6) is 0.130. The molecular weight excluding hydrogens is 406 g/mol. The number of rotatable bonds is 7. The van der Waals surface area contributed by atoms with Gasteiger partial charge in [0.2, 0.25) is 0 Å². The van der Waals surface area contributed by atoms with Crippen LogP contribution < -0.4 is 10.1 Å². The van der Waals surface area contributed by atoms with Gasteiger partial charge in [0.1, 0.15) is 18.2 Å². The second-order valence-electron chi connectivity index (χ2n) is 5.95. The second-order valence-corrected chi connectivity index (χ2v) is 6.79. The maximum Gasteiger partial charge on any atom is 0.269 e. The fourth-order valence-corrected chi connectivity index (χ4v) is 2.88. The molecule has 0 radical (unpaired) electrons. The lowest BCUT2D eigenvalue weighted by atomic mass is 10.2. The molecule has 0 atom stereocenters. The number of nitrogens with one attached hydrogen (secondary N) is 1. The molecule has 3 aromatic carbocycles. The van der Waals surface area contributed by atoms with Crippen LogP contribution in [0.3, 0.4) is 0 Å². The fourth-order valence-electron chi connectivity index (χ4n) is 2.51. The van der Waals surface area contributed by atoms with Crippen molar-refractivity contribution in [2.45, 2.75) is 13.2 Å². The first-order valence-corrected chi connectivity index (χ1v) is 9.01. The van der Waals surface area contributed by atoms with E-state index in [1.165, 1.54) is 24.3 Å². The molecule has 0 aromatic heterocycles. The predicted octanol–water partition coefficient (Wildman–Crippen LogP) is 6.23. The molecule has 28 heavy (non-hydrogen) atoms. The van der Waals surface area contributed by atoms with Crippen LogP contribution in [0, 0.1) is 15.9 Å². The average Bonchev–Trinajstić information content (AvgIpc) is 2.68. The van der Waals surface area contributed by atoms with Gasteiger partial charge >= 0.3 is 0 Å². The van der Waals surface area contributed by atoms with E-state index in [1.54, 1.807) is 36.4 Å². The summed E-state index contributed by atoms with van der Waals surface area (Å²) in [5, 5.41) is 14.5. The highest BCUT2D eigenvalue weighted by atomic mass is 35.5. The number of nitrogens with zero attached hydrogens (tertiary/aromatic N) is 1. The van der Waals surface area contributed by atoms with E-state index in [0.29, 0.717) is 23.0 Å². The van der Waals surface area contributed by atoms with Gasteiger partial charge in [0.15, 0.2) is 0 Å². The molecule has 0 aliphatic heterocycles. The molecule has 0 saturated heterocycles. The molecule has 0 heterocycles. The molecule has 0 fully saturated rings. The number of nitro groups is 1. The summed E-state index contributed by atoms with van der Waals surface area (Å²) >= 11 is 11.9. The first-order valence-electron chi connectivity index (χ1n) is 8.26. The van der Waals surface area contributed by atoms with Gasteiger partial charge in [0, 0.05) is 35.0 Å². The minimum atomic E-state index is -0.484. The Hall–Kier alpha value is -2.83. The third-order valence-electron chi connectivity index (χ3n) is 3.97. The zero-order valence-electron chi connectivity index (χ0n) is 14.5. The van der Waals surface area contributed by atoms with Crippen molar-refractivity contribution in [2.75, 3.05) is 5.32 Å². The highest BCUT2D eigenvalue weighted by Crippen LogP contribution is 2.26. The van der Waals surface area contributed by atoms with Gasteiger partial charge in [-0.05, 0) is 54.1 Å². The van der Waals surface area contributed by atoms with Crippen LogP contribution >= 0.6 is 23.2 Å². The molecule has 0 amide bonds. The van der Waals surface area contributed by atoms with Gasteiger partial charge in [0.05, 0.1) is 9.95 Å². The number of hydrogen-bond acceptors (Lipinski definition) is 4. The van der Waals surface area contributed by atoms with E-state index in [1.807, 2.05) is 0 Å². The molecule has 0 spiro atoms. The molecule has 144 valence electrons. The van der Waals surface area contributed by atoms with Gasteiger partial charge in [-0.2, -0.15) is 0 Å². The normalized spacial score (nSPS) is 10.5. The molecule has 5 nitrogen and oxygen atoms in total. The Bertz CT molecular complexity index is 997. The van der Waals surface area contributed by atoms with Gasteiger partial charge in [-0.3, -0.25) is 10.1 Å². The molecule has 3 rings (SSSR count). The highest BCUT2D eigenvalue weighted by molar-refractivity contribution is 6.31. The van der Waals surface area contributed by atoms with Crippen molar-refractivity contribution in [3.63, 3.8) is 0 Å². The van der Waals surface area contributed by atoms with E-state index in [0.717, 1.165) is 11.1 Å². The summed E-state index contributed by atoms with van der Waals surface area (Å²) in [6.45, 7) is 0.632. The minimum Gasteiger partial charge on any atom is -0.489 e. The van der Waals surface area contributed by atoms with Crippen molar-refractivity contribution in [3.05, 3.63) is 97.8 Å². The van der Waals surface area contributed by atoms with Crippen molar-refractivity contribution in [1.82, 2.24) is 0 Å². The Morgan fingerprint density at radius 2 is 1.79 bits per heavy atom. The first-order chi connectivity index (χ1) is 13.4. The van der Waals surface area contributed by atoms with Crippen LogP contribution in [-0.4, -0.2) is 4.92 Å². The third-order valence-corrected chi connectivity index (χ3v) is 4.49. The maximum atomic E-state index is 13.3. The largest absolute Gasteiger partial charge is 0.489 e. The topological polar surface area (TPSA) is 64.4 Å². The minimum absolute atomic E-state index is 0.0260.